The van der Waals surface area contributed by atoms with Crippen molar-refractivity contribution in [2.75, 3.05) is 0 Å². The molecule has 1 aromatic rings. The van der Waals surface area contributed by atoms with Gasteiger partial charge < -0.3 is 5.73 Å². The molecule has 0 radical (unpaired) electrons. The minimum absolute atomic E-state index is 0.0459. The van der Waals surface area contributed by atoms with Crippen LogP contribution in [0.4, 0.5) is 13.2 Å². The van der Waals surface area contributed by atoms with Crippen molar-refractivity contribution in [3.05, 3.63) is 41.0 Å². The summed E-state index contributed by atoms with van der Waals surface area (Å²) >= 11 is 0. The van der Waals surface area contributed by atoms with Crippen LogP contribution in [0.1, 0.15) is 89.7 Å². The lowest BCUT2D eigenvalue weighted by Gasteiger charge is -2.60. The summed E-state index contributed by atoms with van der Waals surface area (Å²) in [5.74, 6) is 0.762. The second kappa shape index (κ2) is 7.94. The van der Waals surface area contributed by atoms with Gasteiger partial charge in [0.1, 0.15) is 0 Å². The van der Waals surface area contributed by atoms with Crippen molar-refractivity contribution in [1.29, 1.82) is 0 Å². The van der Waals surface area contributed by atoms with Gasteiger partial charge in [-0.05, 0) is 91.6 Å². The predicted octanol–water partition coefficient (Wildman–Crippen LogP) is 6.95. The number of hydrogen-bond donors (Lipinski definition) is 1. The van der Waals surface area contributed by atoms with E-state index in [0.717, 1.165) is 50.2 Å². The molecule has 2 N–H and O–H groups in total. The molecule has 3 nitrogen and oxygen atoms in total. The fraction of sp³-hybridized carbons (Fsp3) is 0.655. The summed E-state index contributed by atoms with van der Waals surface area (Å²) in [6.07, 6.45) is 2.36. The van der Waals surface area contributed by atoms with Crippen LogP contribution < -0.4 is 5.73 Å². The van der Waals surface area contributed by atoms with E-state index in [0.29, 0.717) is 36.2 Å². The highest BCUT2D eigenvalue weighted by molar-refractivity contribution is 6.23. The van der Waals surface area contributed by atoms with Crippen LogP contribution in [-0.2, 0) is 15.8 Å². The Morgan fingerprint density at radius 2 is 1.71 bits per heavy atom. The van der Waals surface area contributed by atoms with E-state index in [1.54, 1.807) is 6.07 Å². The SMILES string of the molecule is CCC1(C(N)=O)CC[C@H]2[C@@H]3CCC4=C(c5ccccc5C(F)(F)F)C(=O)CC[C@]4(C)[C@@H]3CC[C@@]21C. The second-order valence-corrected chi connectivity index (χ2v) is 11.9. The van der Waals surface area contributed by atoms with Crippen LogP contribution in [-0.4, -0.2) is 11.7 Å². The van der Waals surface area contributed by atoms with Gasteiger partial charge in [-0.1, -0.05) is 44.5 Å². The molecule has 35 heavy (non-hydrogen) atoms. The highest BCUT2D eigenvalue weighted by atomic mass is 19.4. The molecule has 0 heterocycles. The molecule has 3 saturated carbocycles. The van der Waals surface area contributed by atoms with E-state index in [4.69, 9.17) is 5.73 Å². The molecule has 6 heteroatoms. The lowest BCUT2D eigenvalue weighted by Crippen LogP contribution is -2.55. The van der Waals surface area contributed by atoms with Crippen LogP contribution in [0.25, 0.3) is 5.57 Å². The van der Waals surface area contributed by atoms with E-state index in [2.05, 4.69) is 20.8 Å². The Labute approximate surface area is 205 Å². The molecule has 1 unspecified atom stereocenters. The molecular formula is C29H36F3NO2. The first-order chi connectivity index (χ1) is 16.4. The van der Waals surface area contributed by atoms with Crippen molar-refractivity contribution in [2.24, 2.45) is 39.7 Å². The smallest absolute Gasteiger partial charge is 0.369 e. The summed E-state index contributed by atoms with van der Waals surface area (Å²) in [6.45, 7) is 6.53. The summed E-state index contributed by atoms with van der Waals surface area (Å²) in [5.41, 5.74) is 5.69. The number of ketones is 1. The number of rotatable bonds is 3. The topological polar surface area (TPSA) is 60.2 Å². The van der Waals surface area contributed by atoms with Gasteiger partial charge in [-0.15, -0.1) is 0 Å². The molecule has 5 rings (SSSR count). The Balaban J connectivity index is 1.59. The molecule has 0 aromatic heterocycles. The number of alkyl halides is 3. The molecule has 1 aromatic carbocycles. The Morgan fingerprint density at radius 3 is 2.37 bits per heavy atom. The molecule has 1 amide bonds. The number of carbonyl (C=O) groups is 2. The van der Waals surface area contributed by atoms with E-state index in [9.17, 15) is 22.8 Å². The number of amides is 1. The summed E-state index contributed by atoms with van der Waals surface area (Å²) in [4.78, 5) is 25.9. The van der Waals surface area contributed by atoms with Crippen molar-refractivity contribution in [1.82, 2.24) is 0 Å². The van der Waals surface area contributed by atoms with Crippen molar-refractivity contribution >= 4 is 17.3 Å². The number of benzene rings is 1. The Kier molecular flexibility index (Phi) is 5.58. The van der Waals surface area contributed by atoms with Gasteiger partial charge in [-0.2, -0.15) is 13.2 Å². The van der Waals surface area contributed by atoms with Crippen LogP contribution in [0.3, 0.4) is 0 Å². The largest absolute Gasteiger partial charge is 0.417 e. The standard InChI is InChI=1S/C29H36F3NO2/c1-4-28(25(33)35)16-12-20-17-9-10-22-24(18-7-5-6-8-21(18)29(30,31)32)23(34)13-14-26(22,2)19(17)11-15-27(20,28)3/h5-8,17,19-20H,4,9-16H2,1-3H3,(H2,33,35)/t17-,19-,20+,26-,27+,28?/m1/s1. The molecule has 0 aliphatic heterocycles. The minimum atomic E-state index is -4.51. The third kappa shape index (κ3) is 3.23. The zero-order valence-corrected chi connectivity index (χ0v) is 20.9. The average Bonchev–Trinajstić information content (AvgIpc) is 3.12. The third-order valence-corrected chi connectivity index (χ3v) is 11.1. The molecule has 4 aliphatic rings. The van der Waals surface area contributed by atoms with E-state index in [-0.39, 0.29) is 34.5 Å². The second-order valence-electron chi connectivity index (χ2n) is 11.9. The Hall–Kier alpha value is -2.11. The van der Waals surface area contributed by atoms with Crippen LogP contribution in [0, 0.1) is 34.0 Å². The number of hydrogen-bond acceptors (Lipinski definition) is 2. The molecule has 0 saturated heterocycles. The summed E-state index contributed by atoms with van der Waals surface area (Å²) in [6, 6.07) is 5.55. The number of halogens is 3. The number of nitrogens with two attached hydrogens (primary N) is 1. The zero-order chi connectivity index (χ0) is 25.4. The van der Waals surface area contributed by atoms with Crippen LogP contribution in [0.15, 0.2) is 29.8 Å². The average molecular weight is 488 g/mol. The fourth-order valence-corrected chi connectivity index (χ4v) is 9.27. The van der Waals surface area contributed by atoms with Crippen molar-refractivity contribution in [3.8, 4) is 0 Å². The van der Waals surface area contributed by atoms with Crippen LogP contribution in [0.2, 0.25) is 0 Å². The Morgan fingerprint density at radius 1 is 1.03 bits per heavy atom. The first-order valence-corrected chi connectivity index (χ1v) is 13.1. The Bertz CT molecular complexity index is 1110. The minimum Gasteiger partial charge on any atom is -0.369 e. The molecule has 190 valence electrons. The zero-order valence-electron chi connectivity index (χ0n) is 20.9. The highest BCUT2D eigenvalue weighted by Crippen LogP contribution is 2.71. The third-order valence-electron chi connectivity index (χ3n) is 11.1. The maximum Gasteiger partial charge on any atom is 0.417 e. The van der Waals surface area contributed by atoms with Gasteiger partial charge in [0.2, 0.25) is 5.91 Å². The fourth-order valence-electron chi connectivity index (χ4n) is 9.27. The molecule has 0 bridgehead atoms. The maximum absolute atomic E-state index is 13.9. The van der Waals surface area contributed by atoms with Crippen molar-refractivity contribution in [3.63, 3.8) is 0 Å². The highest BCUT2D eigenvalue weighted by Gasteiger charge is 2.65. The number of primary amides is 1. The van der Waals surface area contributed by atoms with Crippen molar-refractivity contribution < 1.29 is 22.8 Å². The normalized spacial score (nSPS) is 39.1. The van der Waals surface area contributed by atoms with E-state index in [1.165, 1.54) is 12.1 Å². The number of fused-ring (bicyclic) bond motifs is 5. The van der Waals surface area contributed by atoms with Gasteiger partial charge in [0.15, 0.2) is 5.78 Å². The summed E-state index contributed by atoms with van der Waals surface area (Å²) < 4.78 is 41.7. The number of carbonyl (C=O) groups excluding carboxylic acids is 2. The molecule has 0 spiro atoms. The summed E-state index contributed by atoms with van der Waals surface area (Å²) in [5, 5.41) is 0. The van der Waals surface area contributed by atoms with E-state index in [1.807, 2.05) is 0 Å². The van der Waals surface area contributed by atoms with Gasteiger partial charge in [-0.25, -0.2) is 0 Å². The van der Waals surface area contributed by atoms with Gasteiger partial charge in [0, 0.05) is 12.0 Å². The summed E-state index contributed by atoms with van der Waals surface area (Å²) in [7, 11) is 0. The van der Waals surface area contributed by atoms with Crippen LogP contribution >= 0.6 is 0 Å². The maximum atomic E-state index is 13.9. The number of Topliss-reactive ketones (excluding diaryl/α,β-unsaturated/α-hetero) is 1. The number of allylic oxidation sites excluding steroid dienone is 1. The monoisotopic (exact) mass is 487 g/mol. The van der Waals surface area contributed by atoms with Gasteiger partial charge in [0.25, 0.3) is 0 Å². The quantitative estimate of drug-likeness (QED) is 0.502. The van der Waals surface area contributed by atoms with Gasteiger partial charge in [-0.3, -0.25) is 9.59 Å². The lowest BCUT2D eigenvalue weighted by atomic mass is 9.44. The first kappa shape index (κ1) is 24.6. The van der Waals surface area contributed by atoms with Crippen LogP contribution in [0.5, 0.6) is 0 Å². The van der Waals surface area contributed by atoms with Gasteiger partial charge in [0.05, 0.1) is 11.0 Å². The molecular weight excluding hydrogens is 451 g/mol. The van der Waals surface area contributed by atoms with E-state index < -0.39 is 17.2 Å². The lowest BCUT2D eigenvalue weighted by molar-refractivity contribution is -0.143. The molecule has 6 atom stereocenters. The first-order valence-electron chi connectivity index (χ1n) is 13.1. The predicted molar refractivity (Wildman–Crippen MR) is 129 cm³/mol. The molecule has 4 aliphatic carbocycles. The van der Waals surface area contributed by atoms with E-state index >= 15 is 0 Å². The molecule has 3 fully saturated rings. The van der Waals surface area contributed by atoms with Crippen molar-refractivity contribution in [2.45, 2.75) is 84.7 Å². The van der Waals surface area contributed by atoms with Gasteiger partial charge >= 0.3 is 6.18 Å².